The normalized spacial score (nSPS) is 25.6. The number of rotatable bonds is 2. The third-order valence-electron chi connectivity index (χ3n) is 3.87. The molecule has 1 unspecified atom stereocenters. The second-order valence-electron chi connectivity index (χ2n) is 5.30. The number of nitrogens with one attached hydrogen (secondary N) is 1. The molecule has 0 bridgehead atoms. The van der Waals surface area contributed by atoms with Crippen molar-refractivity contribution in [2.45, 2.75) is 45.2 Å². The van der Waals surface area contributed by atoms with Crippen LogP contribution in [0, 0.1) is 13.8 Å². The predicted molar refractivity (Wildman–Crippen MR) is 70.2 cm³/mol. The molecule has 1 atom stereocenters. The molecule has 94 valence electrons. The smallest absolute Gasteiger partial charge is 0.116 e. The summed E-state index contributed by atoms with van der Waals surface area (Å²) in [5.41, 5.74) is 2.63. The lowest BCUT2D eigenvalue weighted by atomic mass is 9.86. The fourth-order valence-electron chi connectivity index (χ4n) is 2.71. The van der Waals surface area contributed by atoms with Crippen molar-refractivity contribution in [1.82, 2.24) is 5.32 Å². The number of hydrogen-bond donors (Lipinski definition) is 1. The summed E-state index contributed by atoms with van der Waals surface area (Å²) < 4.78 is 14.8. The number of benzene rings is 1. The lowest BCUT2D eigenvalue weighted by Gasteiger charge is -2.25. The molecule has 1 aliphatic heterocycles. The second-order valence-corrected chi connectivity index (χ2v) is 5.30. The summed E-state index contributed by atoms with van der Waals surface area (Å²) in [7, 11) is 0. The first-order chi connectivity index (χ1) is 8.11. The van der Waals surface area contributed by atoms with Gasteiger partial charge in [0.25, 0.3) is 0 Å². The van der Waals surface area contributed by atoms with Gasteiger partial charge in [-0.3, -0.25) is 0 Å². The lowest BCUT2D eigenvalue weighted by Crippen LogP contribution is -2.28. The van der Waals surface area contributed by atoms with Crippen LogP contribution in [-0.2, 0) is 6.42 Å². The van der Waals surface area contributed by atoms with Gasteiger partial charge in [-0.15, -0.1) is 0 Å². The maximum Gasteiger partial charge on any atom is 0.116 e. The van der Waals surface area contributed by atoms with Crippen molar-refractivity contribution in [3.05, 3.63) is 34.9 Å². The van der Waals surface area contributed by atoms with Gasteiger partial charge in [0.2, 0.25) is 0 Å². The Kier molecular flexibility index (Phi) is 3.82. The van der Waals surface area contributed by atoms with Crippen LogP contribution in [0.4, 0.5) is 4.39 Å². The second kappa shape index (κ2) is 5.18. The van der Waals surface area contributed by atoms with Gasteiger partial charge in [-0.1, -0.05) is 18.2 Å². The van der Waals surface area contributed by atoms with Gasteiger partial charge in [-0.2, -0.15) is 0 Å². The quantitative estimate of drug-likeness (QED) is 0.829. The maximum absolute atomic E-state index is 14.8. The van der Waals surface area contributed by atoms with Crippen LogP contribution in [0.1, 0.15) is 36.0 Å². The van der Waals surface area contributed by atoms with E-state index >= 15 is 0 Å². The van der Waals surface area contributed by atoms with Gasteiger partial charge in [-0.25, -0.2) is 4.39 Å². The van der Waals surface area contributed by atoms with Crippen molar-refractivity contribution in [3.8, 4) is 0 Å². The molecule has 1 fully saturated rings. The minimum Gasteiger partial charge on any atom is -0.317 e. The number of aryl methyl sites for hydroxylation is 2. The molecule has 17 heavy (non-hydrogen) atoms. The van der Waals surface area contributed by atoms with E-state index in [4.69, 9.17) is 0 Å². The Morgan fingerprint density at radius 2 is 1.88 bits per heavy atom. The highest BCUT2D eigenvalue weighted by Gasteiger charge is 2.31. The molecule has 0 saturated carbocycles. The van der Waals surface area contributed by atoms with Crippen molar-refractivity contribution in [2.24, 2.45) is 0 Å². The van der Waals surface area contributed by atoms with Gasteiger partial charge < -0.3 is 5.32 Å². The Balaban J connectivity index is 2.18. The summed E-state index contributed by atoms with van der Waals surface area (Å²) in [5, 5.41) is 3.28. The highest BCUT2D eigenvalue weighted by molar-refractivity contribution is 5.34. The van der Waals surface area contributed by atoms with Gasteiger partial charge in [0, 0.05) is 6.42 Å². The molecule has 1 heterocycles. The highest BCUT2D eigenvalue weighted by Crippen LogP contribution is 2.30. The van der Waals surface area contributed by atoms with E-state index in [1.54, 1.807) is 0 Å². The SMILES string of the molecule is Cc1cccc(C)c1CC1(F)CCCNCC1. The largest absolute Gasteiger partial charge is 0.317 e. The van der Waals surface area contributed by atoms with Gasteiger partial charge in [-0.05, 0) is 62.9 Å². The lowest BCUT2D eigenvalue weighted by molar-refractivity contribution is 0.144. The fraction of sp³-hybridized carbons (Fsp3) is 0.600. The Bertz CT molecular complexity index is 358. The van der Waals surface area contributed by atoms with Crippen LogP contribution in [-0.4, -0.2) is 18.8 Å². The topological polar surface area (TPSA) is 12.0 Å². The Morgan fingerprint density at radius 3 is 2.59 bits per heavy atom. The van der Waals surface area contributed by atoms with E-state index < -0.39 is 5.67 Å². The van der Waals surface area contributed by atoms with Crippen LogP contribution in [0.15, 0.2) is 18.2 Å². The van der Waals surface area contributed by atoms with Crippen LogP contribution >= 0.6 is 0 Å². The van der Waals surface area contributed by atoms with E-state index in [1.807, 2.05) is 6.07 Å². The predicted octanol–water partition coefficient (Wildman–Crippen LogP) is 3.33. The monoisotopic (exact) mass is 235 g/mol. The van der Waals surface area contributed by atoms with Crippen molar-refractivity contribution in [2.75, 3.05) is 13.1 Å². The van der Waals surface area contributed by atoms with Crippen molar-refractivity contribution in [1.29, 1.82) is 0 Å². The maximum atomic E-state index is 14.8. The molecule has 0 aliphatic carbocycles. The average Bonchev–Trinajstić information content (AvgIpc) is 2.49. The van der Waals surface area contributed by atoms with Crippen molar-refractivity contribution in [3.63, 3.8) is 0 Å². The summed E-state index contributed by atoms with van der Waals surface area (Å²) in [5.74, 6) is 0. The minimum absolute atomic E-state index is 0.577. The van der Waals surface area contributed by atoms with Crippen LogP contribution in [0.3, 0.4) is 0 Å². The first-order valence-electron chi connectivity index (χ1n) is 6.55. The first kappa shape index (κ1) is 12.6. The molecule has 1 nitrogen and oxygen atoms in total. The summed E-state index contributed by atoms with van der Waals surface area (Å²) in [6, 6.07) is 6.22. The number of alkyl halides is 1. The van der Waals surface area contributed by atoms with Crippen molar-refractivity contribution < 1.29 is 4.39 Å². The van der Waals surface area contributed by atoms with Gasteiger partial charge in [0.1, 0.15) is 5.67 Å². The molecule has 2 rings (SSSR count). The van der Waals surface area contributed by atoms with E-state index in [1.165, 1.54) is 16.7 Å². The van der Waals surface area contributed by atoms with Gasteiger partial charge >= 0.3 is 0 Å². The number of halogens is 1. The summed E-state index contributed by atoms with van der Waals surface area (Å²) in [6.45, 7) is 5.93. The third-order valence-corrected chi connectivity index (χ3v) is 3.87. The zero-order valence-electron chi connectivity index (χ0n) is 10.9. The molecule has 1 saturated heterocycles. The Hall–Kier alpha value is -0.890. The summed E-state index contributed by atoms with van der Waals surface area (Å²) in [4.78, 5) is 0. The molecule has 0 radical (unpaired) electrons. The zero-order valence-corrected chi connectivity index (χ0v) is 10.9. The van der Waals surface area contributed by atoms with Crippen molar-refractivity contribution >= 4 is 0 Å². The zero-order chi connectivity index (χ0) is 12.3. The van der Waals surface area contributed by atoms with Crippen LogP contribution in [0.2, 0.25) is 0 Å². The molecule has 1 aliphatic rings. The Morgan fingerprint density at radius 1 is 1.18 bits per heavy atom. The molecular formula is C15H22FN. The third kappa shape index (κ3) is 3.06. The standard InChI is InChI=1S/C15H22FN/c1-12-5-3-6-13(2)14(12)11-15(16)7-4-9-17-10-8-15/h3,5-6,17H,4,7-11H2,1-2H3. The molecule has 1 aromatic carbocycles. The molecule has 0 spiro atoms. The van der Waals surface area contributed by atoms with E-state index in [2.05, 4.69) is 31.3 Å². The van der Waals surface area contributed by atoms with Gasteiger partial charge in [0.05, 0.1) is 0 Å². The van der Waals surface area contributed by atoms with Crippen LogP contribution in [0.25, 0.3) is 0 Å². The average molecular weight is 235 g/mol. The molecule has 1 aromatic rings. The summed E-state index contributed by atoms with van der Waals surface area (Å²) in [6.07, 6.45) is 2.85. The van der Waals surface area contributed by atoms with E-state index in [-0.39, 0.29) is 0 Å². The molecular weight excluding hydrogens is 213 g/mol. The van der Waals surface area contributed by atoms with Gasteiger partial charge in [0.15, 0.2) is 0 Å². The molecule has 1 N–H and O–H groups in total. The summed E-state index contributed by atoms with van der Waals surface area (Å²) >= 11 is 0. The van der Waals surface area contributed by atoms with E-state index in [0.717, 1.165) is 19.5 Å². The minimum atomic E-state index is -1.01. The molecule has 0 amide bonds. The van der Waals surface area contributed by atoms with Crippen LogP contribution < -0.4 is 5.32 Å². The fourth-order valence-corrected chi connectivity index (χ4v) is 2.71. The number of hydrogen-bond acceptors (Lipinski definition) is 1. The van der Waals surface area contributed by atoms with E-state index in [0.29, 0.717) is 19.3 Å². The highest BCUT2D eigenvalue weighted by atomic mass is 19.1. The molecule has 2 heteroatoms. The van der Waals surface area contributed by atoms with Crippen LogP contribution in [0.5, 0.6) is 0 Å². The Labute approximate surface area is 103 Å². The van der Waals surface area contributed by atoms with E-state index in [9.17, 15) is 4.39 Å². The molecule has 0 aromatic heterocycles. The first-order valence-corrected chi connectivity index (χ1v) is 6.55.